The van der Waals surface area contributed by atoms with Crippen LogP contribution in [0.15, 0.2) is 42.5 Å². The maximum Gasteiger partial charge on any atom is 0.251 e. The zero-order valence-corrected chi connectivity index (χ0v) is 27.7. The lowest BCUT2D eigenvalue weighted by Crippen LogP contribution is -2.55. The number of amides is 3. The van der Waals surface area contributed by atoms with E-state index in [1.165, 1.54) is 27.8 Å². The second kappa shape index (κ2) is 13.0. The second-order valence-electron chi connectivity index (χ2n) is 13.8. The van der Waals surface area contributed by atoms with E-state index in [-0.39, 0.29) is 36.1 Å². The first-order valence-electron chi connectivity index (χ1n) is 17.1. The van der Waals surface area contributed by atoms with Crippen LogP contribution in [-0.2, 0) is 21.7 Å². The van der Waals surface area contributed by atoms with Crippen LogP contribution in [0.3, 0.4) is 0 Å². The van der Waals surface area contributed by atoms with Crippen LogP contribution in [-0.4, -0.2) is 35.2 Å². The first kappa shape index (κ1) is 31.9. The number of nitrogens with one attached hydrogen (secondary N) is 2. The molecule has 3 heterocycles. The van der Waals surface area contributed by atoms with Crippen LogP contribution in [0.4, 0.5) is 0 Å². The van der Waals surface area contributed by atoms with Crippen LogP contribution in [0.5, 0.6) is 0 Å². The number of nitrogens with zero attached hydrogens (tertiary/aromatic N) is 2. The molecule has 3 aliphatic heterocycles. The lowest BCUT2D eigenvalue weighted by molar-refractivity contribution is -0.134. The number of allylic oxidation sites excluding steroid dienone is 2. The summed E-state index contributed by atoms with van der Waals surface area (Å²) in [4.78, 5) is 41.4. The molecule has 4 aliphatic rings. The van der Waals surface area contributed by atoms with Gasteiger partial charge in [-0.25, -0.2) is 0 Å². The van der Waals surface area contributed by atoms with Crippen molar-refractivity contribution < 1.29 is 14.4 Å². The summed E-state index contributed by atoms with van der Waals surface area (Å²) in [6.07, 6.45) is 14.3. The number of unbranched alkanes of at least 4 members (excludes halogenated alkanes) is 2. The summed E-state index contributed by atoms with van der Waals surface area (Å²) >= 11 is 0. The number of piperidine rings is 2. The van der Waals surface area contributed by atoms with E-state index in [1.807, 2.05) is 12.1 Å². The second-order valence-corrected chi connectivity index (χ2v) is 13.8. The van der Waals surface area contributed by atoms with Gasteiger partial charge in [0, 0.05) is 37.0 Å². The van der Waals surface area contributed by atoms with Crippen molar-refractivity contribution >= 4 is 23.3 Å². The third kappa shape index (κ3) is 5.73. The van der Waals surface area contributed by atoms with E-state index in [2.05, 4.69) is 79.7 Å². The molecular formula is C39H46N4O3. The van der Waals surface area contributed by atoms with Crippen LogP contribution >= 0.6 is 0 Å². The molecule has 0 aromatic heterocycles. The summed E-state index contributed by atoms with van der Waals surface area (Å²) < 4.78 is 0. The van der Waals surface area contributed by atoms with Gasteiger partial charge in [-0.15, -0.1) is 0 Å². The summed E-state index contributed by atoms with van der Waals surface area (Å²) in [5.41, 5.74) is 9.08. The number of benzene rings is 2. The number of hydrogen-bond acceptors (Lipinski definition) is 5. The maximum absolute atomic E-state index is 13.5. The molecule has 7 nitrogen and oxygen atoms in total. The average Bonchev–Trinajstić information content (AvgIpc) is 3.41. The fourth-order valence-corrected chi connectivity index (χ4v) is 8.71. The number of aryl methyl sites for hydroxylation is 3. The number of nitriles is 1. The number of carbonyl (C=O) groups excluding carboxylic acids is 3. The number of hydrogen-bond donors (Lipinski definition) is 2. The molecule has 2 saturated heterocycles. The van der Waals surface area contributed by atoms with Gasteiger partial charge in [-0.2, -0.15) is 5.26 Å². The zero-order valence-electron chi connectivity index (χ0n) is 27.7. The summed E-state index contributed by atoms with van der Waals surface area (Å²) in [5, 5.41) is 15.7. The molecule has 4 atom stereocenters. The van der Waals surface area contributed by atoms with Gasteiger partial charge in [-0.1, -0.05) is 68.2 Å². The number of imide groups is 1. The highest BCUT2D eigenvalue weighted by molar-refractivity contribution is 6.02. The summed E-state index contributed by atoms with van der Waals surface area (Å²) in [6.45, 7) is 9.85. The van der Waals surface area contributed by atoms with E-state index in [4.69, 9.17) is 0 Å². The van der Waals surface area contributed by atoms with E-state index in [9.17, 15) is 19.6 Å². The van der Waals surface area contributed by atoms with Crippen molar-refractivity contribution in [3.63, 3.8) is 0 Å². The quantitative estimate of drug-likeness (QED) is 0.250. The monoisotopic (exact) mass is 618 g/mol. The molecule has 3 amide bonds. The van der Waals surface area contributed by atoms with Gasteiger partial charge in [-0.05, 0) is 97.9 Å². The predicted octanol–water partition coefficient (Wildman–Crippen LogP) is 6.80. The Hall–Kier alpha value is -4.02. The Kier molecular flexibility index (Phi) is 9.03. The maximum atomic E-state index is 13.5. The number of likely N-dealkylation sites (tertiary alicyclic amines) is 1. The molecule has 0 bridgehead atoms. The Morgan fingerprint density at radius 3 is 2.52 bits per heavy atom. The molecule has 240 valence electrons. The summed E-state index contributed by atoms with van der Waals surface area (Å²) in [5.74, 6) is -1.07. The van der Waals surface area contributed by atoms with E-state index in [0.717, 1.165) is 61.8 Å². The Bertz CT molecular complexity index is 1660. The van der Waals surface area contributed by atoms with Crippen molar-refractivity contribution in [2.45, 2.75) is 110 Å². The third-order valence-corrected chi connectivity index (χ3v) is 10.8. The van der Waals surface area contributed by atoms with Gasteiger partial charge in [-0.3, -0.25) is 24.6 Å². The van der Waals surface area contributed by atoms with Crippen LogP contribution in [0.2, 0.25) is 0 Å². The largest absolute Gasteiger partial charge is 0.348 e. The lowest BCUT2D eigenvalue weighted by atomic mass is 9.70. The van der Waals surface area contributed by atoms with E-state index in [0.29, 0.717) is 24.9 Å². The van der Waals surface area contributed by atoms with Crippen LogP contribution in [0.25, 0.3) is 5.57 Å². The minimum absolute atomic E-state index is 0.01000. The Morgan fingerprint density at radius 1 is 1.07 bits per heavy atom. The van der Waals surface area contributed by atoms with Gasteiger partial charge in [0.1, 0.15) is 0 Å². The molecule has 0 radical (unpaired) electrons. The van der Waals surface area contributed by atoms with Crippen molar-refractivity contribution in [3.05, 3.63) is 87.0 Å². The van der Waals surface area contributed by atoms with E-state index >= 15 is 0 Å². The van der Waals surface area contributed by atoms with Crippen molar-refractivity contribution in [1.82, 2.24) is 15.5 Å². The molecule has 6 rings (SSSR count). The highest BCUT2D eigenvalue weighted by Crippen LogP contribution is 2.50. The highest BCUT2D eigenvalue weighted by atomic mass is 16.2. The van der Waals surface area contributed by atoms with Gasteiger partial charge in [0.15, 0.2) is 0 Å². The van der Waals surface area contributed by atoms with Gasteiger partial charge in [0.25, 0.3) is 5.91 Å². The predicted molar refractivity (Wildman–Crippen MR) is 180 cm³/mol. The molecule has 4 unspecified atom stereocenters. The molecule has 7 heteroatoms. The Labute approximate surface area is 273 Å². The van der Waals surface area contributed by atoms with Crippen molar-refractivity contribution in [1.29, 1.82) is 5.26 Å². The average molecular weight is 619 g/mol. The van der Waals surface area contributed by atoms with Crippen molar-refractivity contribution in [2.75, 3.05) is 6.54 Å². The van der Waals surface area contributed by atoms with E-state index in [1.54, 1.807) is 0 Å². The smallest absolute Gasteiger partial charge is 0.251 e. The van der Waals surface area contributed by atoms with Crippen LogP contribution in [0.1, 0.15) is 120 Å². The topological polar surface area (TPSA) is 102 Å². The third-order valence-electron chi connectivity index (χ3n) is 10.8. The fraction of sp³-hybridized carbons (Fsp3) is 0.487. The van der Waals surface area contributed by atoms with Crippen molar-refractivity contribution in [3.8, 4) is 6.07 Å². The number of fused-ring (bicyclic) bond motifs is 1. The minimum Gasteiger partial charge on any atom is -0.348 e. The normalized spacial score (nSPS) is 26.3. The van der Waals surface area contributed by atoms with Gasteiger partial charge < -0.3 is 5.32 Å². The minimum atomic E-state index is -0.623. The molecular weight excluding hydrogens is 572 g/mol. The van der Waals surface area contributed by atoms with Gasteiger partial charge in [0.2, 0.25) is 11.8 Å². The molecule has 0 saturated carbocycles. The van der Waals surface area contributed by atoms with E-state index < -0.39 is 11.5 Å². The summed E-state index contributed by atoms with van der Waals surface area (Å²) in [6, 6.07) is 11.1. The highest BCUT2D eigenvalue weighted by Gasteiger charge is 2.48. The molecule has 46 heavy (non-hydrogen) atoms. The standard InChI is InChI=1S/C39H46N4O3/c1-5-6-7-8-29-21-27(22-40)15-18-43(29)39(16-13-28(14-17-39)35-25(3)19-24(2)20-26(35)4)36-30(31-11-12-34(44)42-38(31)46)9-10-32-33(36)23-41-37(32)45/h9-10,13-14,16,19-20,27,29,31H,5-8,11-12,15,17-18,21,23H2,1-4H3,(H,41,45)(H,42,44,46). The first-order chi connectivity index (χ1) is 22.2. The molecule has 2 aromatic rings. The van der Waals surface area contributed by atoms with Gasteiger partial charge >= 0.3 is 0 Å². The fourth-order valence-electron chi connectivity index (χ4n) is 8.71. The summed E-state index contributed by atoms with van der Waals surface area (Å²) in [7, 11) is 0. The first-order valence-corrected chi connectivity index (χ1v) is 17.1. The molecule has 2 aromatic carbocycles. The Morgan fingerprint density at radius 2 is 1.85 bits per heavy atom. The zero-order chi connectivity index (χ0) is 32.6. The van der Waals surface area contributed by atoms with Crippen LogP contribution < -0.4 is 10.6 Å². The van der Waals surface area contributed by atoms with Gasteiger partial charge in [0.05, 0.1) is 17.5 Å². The molecule has 2 fully saturated rings. The SMILES string of the molecule is CCCCCC1CC(C#N)CCN1C1(c2c(C3CCC(=O)NC3=O)ccc3c2CNC3=O)C=CC(c2c(C)cc(C)cc2C)=CC1. The van der Waals surface area contributed by atoms with Crippen LogP contribution in [0, 0.1) is 38.0 Å². The Balaban J connectivity index is 1.55. The molecule has 0 spiro atoms. The number of carbonyl (C=O) groups is 3. The number of rotatable bonds is 8. The van der Waals surface area contributed by atoms with Crippen molar-refractivity contribution in [2.24, 2.45) is 5.92 Å². The molecule has 2 N–H and O–H groups in total. The molecule has 1 aliphatic carbocycles. The lowest BCUT2D eigenvalue weighted by Gasteiger charge is -2.52.